The van der Waals surface area contributed by atoms with Gasteiger partial charge in [-0.05, 0) is 30.7 Å². The first-order valence-electron chi connectivity index (χ1n) is 7.34. The molecule has 2 atom stereocenters. The summed E-state index contributed by atoms with van der Waals surface area (Å²) in [6, 6.07) is 6.09. The van der Waals surface area contributed by atoms with E-state index in [-0.39, 0.29) is 12.5 Å². The zero-order valence-electron chi connectivity index (χ0n) is 12.8. The van der Waals surface area contributed by atoms with Gasteiger partial charge in [0, 0.05) is 38.3 Å². The maximum absolute atomic E-state index is 10.00. The molecule has 5 heteroatoms. The van der Waals surface area contributed by atoms with Crippen LogP contribution in [0.3, 0.4) is 0 Å². The van der Waals surface area contributed by atoms with Gasteiger partial charge in [0.25, 0.3) is 0 Å². The van der Waals surface area contributed by atoms with Crippen LogP contribution in [0.4, 0.5) is 0 Å². The van der Waals surface area contributed by atoms with E-state index in [1.54, 1.807) is 14.2 Å². The molecule has 0 saturated carbocycles. The summed E-state index contributed by atoms with van der Waals surface area (Å²) < 4.78 is 10.5. The molecule has 118 valence electrons. The monoisotopic (exact) mass is 295 g/mol. The van der Waals surface area contributed by atoms with Gasteiger partial charge in [0.05, 0.1) is 19.8 Å². The van der Waals surface area contributed by atoms with Crippen LogP contribution < -0.4 is 4.74 Å². The normalized spacial score (nSPS) is 23.2. The number of β-amino-alcohol motifs (C(OH)–C–C–N with tert-alkyl or cyclic N) is 1. The van der Waals surface area contributed by atoms with E-state index in [9.17, 15) is 10.2 Å². The van der Waals surface area contributed by atoms with E-state index >= 15 is 0 Å². The highest BCUT2D eigenvalue weighted by atomic mass is 16.5. The molecule has 21 heavy (non-hydrogen) atoms. The van der Waals surface area contributed by atoms with Gasteiger partial charge in [-0.3, -0.25) is 4.90 Å². The molecule has 0 spiro atoms. The molecule has 1 aromatic rings. The van der Waals surface area contributed by atoms with Crippen LogP contribution >= 0.6 is 0 Å². The summed E-state index contributed by atoms with van der Waals surface area (Å²) in [7, 11) is 3.33. The van der Waals surface area contributed by atoms with Crippen LogP contribution in [0.2, 0.25) is 0 Å². The molecule has 1 fully saturated rings. The molecule has 2 rings (SSSR count). The van der Waals surface area contributed by atoms with Gasteiger partial charge >= 0.3 is 0 Å². The van der Waals surface area contributed by atoms with Crippen molar-refractivity contribution in [2.75, 3.05) is 33.9 Å². The van der Waals surface area contributed by atoms with E-state index in [1.807, 2.05) is 12.1 Å². The minimum absolute atomic E-state index is 0.0150. The number of likely N-dealkylation sites (tertiary alicyclic amines) is 1. The Labute approximate surface area is 126 Å². The summed E-state index contributed by atoms with van der Waals surface area (Å²) >= 11 is 0. The molecule has 1 aromatic carbocycles. The standard InChI is InChI=1S/C16H25NO4/c1-20-11-14-7-12(3-4-16(14)21-2)8-17-6-5-13(10-18)15(19)9-17/h3-4,7,13,15,18-19H,5-6,8-11H2,1-2H3/t13-,15+/m0/s1. The number of benzene rings is 1. The first kappa shape index (κ1) is 16.2. The maximum atomic E-state index is 10.00. The number of ether oxygens (including phenoxy) is 2. The number of hydrogen-bond donors (Lipinski definition) is 2. The average molecular weight is 295 g/mol. The highest BCUT2D eigenvalue weighted by molar-refractivity contribution is 5.37. The highest BCUT2D eigenvalue weighted by Gasteiger charge is 2.26. The second kappa shape index (κ2) is 7.75. The smallest absolute Gasteiger partial charge is 0.124 e. The SMILES string of the molecule is COCc1cc(CN2CC[C@@H](CO)[C@H](O)C2)ccc1OC. The number of hydrogen-bond acceptors (Lipinski definition) is 5. The third kappa shape index (κ3) is 4.17. The number of nitrogens with zero attached hydrogens (tertiary/aromatic N) is 1. The fourth-order valence-electron chi connectivity index (χ4n) is 2.86. The Morgan fingerprint density at radius 1 is 1.33 bits per heavy atom. The summed E-state index contributed by atoms with van der Waals surface area (Å²) in [5.41, 5.74) is 2.21. The lowest BCUT2D eigenvalue weighted by Crippen LogP contribution is -2.44. The van der Waals surface area contributed by atoms with E-state index in [0.29, 0.717) is 13.2 Å². The lowest BCUT2D eigenvalue weighted by Gasteiger charge is -2.35. The van der Waals surface area contributed by atoms with Gasteiger partial charge < -0.3 is 19.7 Å². The number of piperidine rings is 1. The summed E-state index contributed by atoms with van der Waals surface area (Å²) in [5.74, 6) is 0.848. The summed E-state index contributed by atoms with van der Waals surface area (Å²) in [6.07, 6.45) is 0.388. The minimum Gasteiger partial charge on any atom is -0.496 e. The number of rotatable bonds is 6. The Morgan fingerprint density at radius 2 is 2.14 bits per heavy atom. The van der Waals surface area contributed by atoms with Crippen LogP contribution in [0.15, 0.2) is 18.2 Å². The van der Waals surface area contributed by atoms with Crippen molar-refractivity contribution in [2.24, 2.45) is 5.92 Å². The van der Waals surface area contributed by atoms with Crippen LogP contribution in [0.1, 0.15) is 17.5 Å². The van der Waals surface area contributed by atoms with Gasteiger partial charge in [-0.15, -0.1) is 0 Å². The van der Waals surface area contributed by atoms with E-state index in [1.165, 1.54) is 5.56 Å². The van der Waals surface area contributed by atoms with E-state index in [4.69, 9.17) is 9.47 Å². The Balaban J connectivity index is 2.01. The molecular formula is C16H25NO4. The molecular weight excluding hydrogens is 270 g/mol. The largest absolute Gasteiger partial charge is 0.496 e. The van der Waals surface area contributed by atoms with Crippen molar-refractivity contribution < 1.29 is 19.7 Å². The molecule has 5 nitrogen and oxygen atoms in total. The number of methoxy groups -OCH3 is 2. The molecule has 0 bridgehead atoms. The van der Waals surface area contributed by atoms with E-state index in [2.05, 4.69) is 11.0 Å². The first-order chi connectivity index (χ1) is 10.2. The molecule has 1 heterocycles. The number of aliphatic hydroxyl groups is 2. The molecule has 0 aromatic heterocycles. The van der Waals surface area contributed by atoms with Crippen molar-refractivity contribution in [1.82, 2.24) is 4.90 Å². The fraction of sp³-hybridized carbons (Fsp3) is 0.625. The summed E-state index contributed by atoms with van der Waals surface area (Å²) in [6.45, 7) is 2.88. The van der Waals surface area contributed by atoms with Crippen LogP contribution in [-0.4, -0.2) is 55.1 Å². The molecule has 1 aliphatic rings. The fourth-order valence-corrected chi connectivity index (χ4v) is 2.86. The Kier molecular flexibility index (Phi) is 5.99. The zero-order chi connectivity index (χ0) is 15.2. The predicted octanol–water partition coefficient (Wildman–Crippen LogP) is 1.02. The van der Waals surface area contributed by atoms with Gasteiger partial charge in [0.2, 0.25) is 0 Å². The second-order valence-electron chi connectivity index (χ2n) is 5.61. The van der Waals surface area contributed by atoms with Crippen molar-refractivity contribution in [1.29, 1.82) is 0 Å². The maximum Gasteiger partial charge on any atom is 0.124 e. The minimum atomic E-state index is -0.444. The van der Waals surface area contributed by atoms with E-state index in [0.717, 1.165) is 30.8 Å². The van der Waals surface area contributed by atoms with Crippen LogP contribution in [-0.2, 0) is 17.9 Å². The van der Waals surface area contributed by atoms with E-state index < -0.39 is 6.10 Å². The Morgan fingerprint density at radius 3 is 2.76 bits per heavy atom. The summed E-state index contributed by atoms with van der Waals surface area (Å²) in [5, 5.41) is 19.2. The second-order valence-corrected chi connectivity index (χ2v) is 5.61. The topological polar surface area (TPSA) is 62.2 Å². The van der Waals surface area contributed by atoms with Crippen LogP contribution in [0.25, 0.3) is 0 Å². The zero-order valence-corrected chi connectivity index (χ0v) is 12.8. The van der Waals surface area contributed by atoms with Crippen molar-refractivity contribution in [2.45, 2.75) is 25.7 Å². The van der Waals surface area contributed by atoms with Crippen molar-refractivity contribution in [3.05, 3.63) is 29.3 Å². The predicted molar refractivity (Wildman–Crippen MR) is 80.2 cm³/mol. The third-order valence-electron chi connectivity index (χ3n) is 4.09. The third-order valence-corrected chi connectivity index (χ3v) is 4.09. The lowest BCUT2D eigenvalue weighted by atomic mass is 9.94. The van der Waals surface area contributed by atoms with Crippen LogP contribution in [0, 0.1) is 5.92 Å². The molecule has 1 saturated heterocycles. The van der Waals surface area contributed by atoms with Gasteiger partial charge in [0.15, 0.2) is 0 Å². The van der Waals surface area contributed by atoms with Crippen molar-refractivity contribution in [3.8, 4) is 5.75 Å². The molecule has 2 N–H and O–H groups in total. The molecule has 0 aliphatic carbocycles. The van der Waals surface area contributed by atoms with Gasteiger partial charge in [0.1, 0.15) is 5.75 Å². The van der Waals surface area contributed by atoms with Crippen molar-refractivity contribution in [3.63, 3.8) is 0 Å². The van der Waals surface area contributed by atoms with Crippen LogP contribution in [0.5, 0.6) is 5.75 Å². The van der Waals surface area contributed by atoms with Crippen molar-refractivity contribution >= 4 is 0 Å². The quantitative estimate of drug-likeness (QED) is 0.820. The first-order valence-corrected chi connectivity index (χ1v) is 7.34. The van der Waals surface area contributed by atoms with Gasteiger partial charge in [-0.1, -0.05) is 6.07 Å². The van der Waals surface area contributed by atoms with Gasteiger partial charge in [-0.25, -0.2) is 0 Å². The Bertz CT molecular complexity index is 452. The highest BCUT2D eigenvalue weighted by Crippen LogP contribution is 2.23. The number of aliphatic hydroxyl groups excluding tert-OH is 2. The lowest BCUT2D eigenvalue weighted by molar-refractivity contribution is -0.00445. The summed E-state index contributed by atoms with van der Waals surface area (Å²) in [4.78, 5) is 2.22. The molecule has 1 aliphatic heterocycles. The average Bonchev–Trinajstić information content (AvgIpc) is 2.48. The molecule has 0 amide bonds. The molecule has 0 unspecified atom stereocenters. The van der Waals surface area contributed by atoms with Gasteiger partial charge in [-0.2, -0.15) is 0 Å². The molecule has 0 radical (unpaired) electrons. The Hall–Kier alpha value is -1.14.